The van der Waals surface area contributed by atoms with Gasteiger partial charge in [0.1, 0.15) is 16.8 Å². The minimum Gasteiger partial charge on any atom is -0.397 e. The highest BCUT2D eigenvalue weighted by Gasteiger charge is 2.25. The minimum atomic E-state index is -0.476. The molecule has 4 aromatic heterocycles. The Bertz CT molecular complexity index is 3790. The number of benzene rings is 6. The number of hydrogen-bond acceptors (Lipinski definition) is 7. The Kier molecular flexibility index (Phi) is 9.68. The van der Waals surface area contributed by atoms with Crippen LogP contribution in [-0.4, -0.2) is 23.7 Å². The van der Waals surface area contributed by atoms with E-state index in [1.165, 1.54) is 42.6 Å². The number of nitrogen functional groups attached to an aromatic ring is 1. The van der Waals surface area contributed by atoms with Gasteiger partial charge in [0, 0.05) is 61.3 Å². The maximum atomic E-state index is 14.6. The van der Waals surface area contributed by atoms with Crippen molar-refractivity contribution in [1.29, 1.82) is 0 Å². The van der Waals surface area contributed by atoms with E-state index < -0.39 is 4.92 Å². The van der Waals surface area contributed by atoms with Crippen molar-refractivity contribution in [2.75, 3.05) is 5.73 Å². The second-order valence-electron chi connectivity index (χ2n) is 17.1. The van der Waals surface area contributed by atoms with E-state index in [2.05, 4.69) is 37.5 Å². The first kappa shape index (κ1) is 39.6. The average molecular weight is 829 g/mol. The molecule has 0 spiro atoms. The largest absolute Gasteiger partial charge is 0.397 e. The summed E-state index contributed by atoms with van der Waals surface area (Å²) in [5, 5.41) is 18.0. The molecule has 6 aromatic carbocycles. The number of imidazole rings is 2. The summed E-state index contributed by atoms with van der Waals surface area (Å²) in [6, 6.07) is 26.2. The third-order valence-electron chi connectivity index (χ3n) is 12.4. The molecule has 0 saturated carbocycles. The topological polar surface area (TPSA) is 138 Å². The normalized spacial score (nSPS) is 12.4. The molecule has 10 rings (SSSR count). The zero-order valence-electron chi connectivity index (χ0n) is 35.6. The van der Waals surface area contributed by atoms with Gasteiger partial charge < -0.3 is 5.73 Å². The van der Waals surface area contributed by atoms with Crippen LogP contribution < -0.4 is 16.9 Å². The van der Waals surface area contributed by atoms with E-state index in [1.807, 2.05) is 80.6 Å². The number of fused-ring (bicyclic) bond motifs is 8. The predicted molar refractivity (Wildman–Crippen MR) is 256 cm³/mol. The molecule has 4 heterocycles. The number of nitro benzene ring substituents is 1. The highest BCUT2D eigenvalue weighted by atomic mass is 16.6. The first-order valence-electron chi connectivity index (χ1n) is 21.8. The van der Waals surface area contributed by atoms with E-state index in [1.54, 1.807) is 16.5 Å². The molecule has 0 fully saturated rings. The highest BCUT2D eigenvalue weighted by molar-refractivity contribution is 6.24. The number of aromatic nitrogens is 4. The zero-order valence-corrected chi connectivity index (χ0v) is 35.6. The summed E-state index contributed by atoms with van der Waals surface area (Å²) < 4.78 is 3.14. The van der Waals surface area contributed by atoms with Gasteiger partial charge in [-0.05, 0) is 64.7 Å². The van der Waals surface area contributed by atoms with Crippen LogP contribution in [-0.2, 0) is 0 Å². The van der Waals surface area contributed by atoms with Gasteiger partial charge in [0.25, 0.3) is 16.8 Å². The SMILES string of the molecule is CCCCCCCCC(C)C#Cc1cc(N)c2nc3c4cccc5c(-c6ccc7c8c6cccc8c(=O)n6c8cc(C#CC(C)C)cc([N+](=O)[O-])c8nc76)ccc(c(=O)n3c2c1)c54. The molecular formula is C53H44N6O4. The summed E-state index contributed by atoms with van der Waals surface area (Å²) in [6.07, 6.45) is 8.54. The van der Waals surface area contributed by atoms with Crippen LogP contribution in [0.25, 0.3) is 87.6 Å². The van der Waals surface area contributed by atoms with Crippen molar-refractivity contribution in [3.63, 3.8) is 0 Å². The second kappa shape index (κ2) is 15.4. The first-order chi connectivity index (χ1) is 30.5. The zero-order chi connectivity index (χ0) is 43.7. The van der Waals surface area contributed by atoms with Crippen LogP contribution in [0.4, 0.5) is 11.4 Å². The molecule has 2 N–H and O–H groups in total. The number of unbranched alkanes of at least 4 members (excludes halogenated alkanes) is 5. The van der Waals surface area contributed by atoms with Gasteiger partial charge in [0.2, 0.25) is 0 Å². The van der Waals surface area contributed by atoms with Crippen molar-refractivity contribution in [2.45, 2.75) is 72.6 Å². The van der Waals surface area contributed by atoms with E-state index in [9.17, 15) is 19.7 Å². The number of anilines is 1. The monoisotopic (exact) mass is 828 g/mol. The molecule has 10 heteroatoms. The Balaban J connectivity index is 1.12. The fraction of sp³-hybridized carbons (Fsp3) is 0.245. The Labute approximate surface area is 362 Å². The Morgan fingerprint density at radius 1 is 0.651 bits per heavy atom. The number of non-ortho nitro benzene ring substituents is 1. The van der Waals surface area contributed by atoms with E-state index in [0.717, 1.165) is 51.1 Å². The maximum absolute atomic E-state index is 14.6. The number of nitro groups is 1. The van der Waals surface area contributed by atoms with Crippen molar-refractivity contribution < 1.29 is 4.92 Å². The molecule has 0 bridgehead atoms. The summed E-state index contributed by atoms with van der Waals surface area (Å²) in [7, 11) is 0. The number of nitrogens with zero attached hydrogens (tertiary/aromatic N) is 5. The van der Waals surface area contributed by atoms with Gasteiger partial charge in [-0.15, -0.1) is 0 Å². The highest BCUT2D eigenvalue weighted by Crippen LogP contribution is 2.42. The van der Waals surface area contributed by atoms with Gasteiger partial charge in [0.15, 0.2) is 5.52 Å². The average Bonchev–Trinajstić information content (AvgIpc) is 3.87. The van der Waals surface area contributed by atoms with Gasteiger partial charge in [-0.3, -0.25) is 28.5 Å². The molecule has 0 saturated heterocycles. The standard InChI is InChI=1S/C53H44N6O4/c1-5-6-7-8-9-10-13-31(4)19-21-32-26-42(54)48-43(27-32)57-50(55-48)38-16-11-14-36-35(23-25-41(46(36)38)53(57)61)34-22-24-39-47-37(34)15-12-17-40(47)52(60)58-44-28-33(20-18-30(2)3)29-45(59(62)63)49(44)56-51(39)58/h11-12,14-17,22-31H,5-10,13,54H2,1-4H3. The van der Waals surface area contributed by atoms with E-state index in [4.69, 9.17) is 15.7 Å². The summed E-state index contributed by atoms with van der Waals surface area (Å²) in [4.78, 5) is 50.7. The van der Waals surface area contributed by atoms with Crippen molar-refractivity contribution >= 4 is 87.8 Å². The Hall–Kier alpha value is -7.56. The van der Waals surface area contributed by atoms with Gasteiger partial charge in [-0.1, -0.05) is 132 Å². The fourth-order valence-electron chi connectivity index (χ4n) is 9.41. The lowest BCUT2D eigenvalue weighted by Gasteiger charge is -2.15. The van der Waals surface area contributed by atoms with E-state index in [0.29, 0.717) is 60.6 Å². The van der Waals surface area contributed by atoms with E-state index in [-0.39, 0.29) is 34.2 Å². The lowest BCUT2D eigenvalue weighted by Crippen LogP contribution is -2.14. The molecule has 0 aliphatic rings. The maximum Gasteiger partial charge on any atom is 0.298 e. The summed E-state index contributed by atoms with van der Waals surface area (Å²) in [5.41, 5.74) is 11.8. The first-order valence-corrected chi connectivity index (χ1v) is 21.8. The van der Waals surface area contributed by atoms with E-state index >= 15 is 0 Å². The van der Waals surface area contributed by atoms with Crippen molar-refractivity contribution in [3.05, 3.63) is 127 Å². The Morgan fingerprint density at radius 2 is 1.17 bits per heavy atom. The van der Waals surface area contributed by atoms with Crippen molar-refractivity contribution in [1.82, 2.24) is 18.8 Å². The lowest BCUT2D eigenvalue weighted by molar-refractivity contribution is -0.383. The lowest BCUT2D eigenvalue weighted by atomic mass is 9.90. The molecule has 0 radical (unpaired) electrons. The molecular weight excluding hydrogens is 785 g/mol. The van der Waals surface area contributed by atoms with Crippen molar-refractivity contribution in [3.8, 4) is 34.8 Å². The third-order valence-corrected chi connectivity index (χ3v) is 12.4. The molecule has 1 unspecified atom stereocenters. The Morgan fingerprint density at radius 3 is 1.83 bits per heavy atom. The minimum absolute atomic E-state index is 0.0534. The molecule has 0 aliphatic heterocycles. The van der Waals surface area contributed by atoms with Crippen molar-refractivity contribution in [2.24, 2.45) is 11.8 Å². The molecule has 0 amide bonds. The van der Waals surface area contributed by atoms with Gasteiger partial charge in [-0.25, -0.2) is 9.97 Å². The van der Waals surface area contributed by atoms with Crippen LogP contribution >= 0.6 is 0 Å². The van der Waals surface area contributed by atoms with Gasteiger partial charge in [-0.2, -0.15) is 0 Å². The second-order valence-corrected chi connectivity index (χ2v) is 17.1. The van der Waals surface area contributed by atoms with Gasteiger partial charge >= 0.3 is 0 Å². The quantitative estimate of drug-likeness (QED) is 0.0502. The third kappa shape index (κ3) is 6.44. The number of pyridine rings is 2. The predicted octanol–water partition coefficient (Wildman–Crippen LogP) is 11.4. The fourth-order valence-corrected chi connectivity index (χ4v) is 9.41. The summed E-state index contributed by atoms with van der Waals surface area (Å²) in [5.74, 6) is 13.1. The van der Waals surface area contributed by atoms with Crippen LogP contribution in [0.5, 0.6) is 0 Å². The van der Waals surface area contributed by atoms with Crippen LogP contribution in [0.3, 0.4) is 0 Å². The summed E-state index contributed by atoms with van der Waals surface area (Å²) >= 11 is 0. The smallest absolute Gasteiger partial charge is 0.298 e. The molecule has 0 aliphatic carbocycles. The summed E-state index contributed by atoms with van der Waals surface area (Å²) in [6.45, 7) is 8.28. The number of nitrogens with two attached hydrogens (primary N) is 1. The number of rotatable bonds is 9. The van der Waals surface area contributed by atoms with Gasteiger partial charge in [0.05, 0.1) is 21.6 Å². The number of hydrogen-bond donors (Lipinski definition) is 1. The van der Waals surface area contributed by atoms with Crippen LogP contribution in [0.15, 0.2) is 94.5 Å². The van der Waals surface area contributed by atoms with Crippen LogP contribution in [0.1, 0.15) is 83.8 Å². The molecule has 10 nitrogen and oxygen atoms in total. The van der Waals surface area contributed by atoms with Crippen LogP contribution in [0.2, 0.25) is 0 Å². The molecule has 63 heavy (non-hydrogen) atoms. The molecule has 10 aromatic rings. The molecule has 310 valence electrons. The van der Waals surface area contributed by atoms with Crippen LogP contribution in [0, 0.1) is 45.6 Å². The molecule has 1 atom stereocenters.